The molecule has 2 aromatic heterocycles. The molecule has 2 rings (SSSR count). The summed E-state index contributed by atoms with van der Waals surface area (Å²) in [5.41, 5.74) is 0.984. The monoisotopic (exact) mass is 229 g/mol. The average molecular weight is 230 g/mol. The SMILES string of the molecule is Cc1nsc2ncnc(Br)c12. The standard InChI is InChI=1S/C6H4BrN3S/c1-3-4-5(7)8-2-9-6(4)11-10-3/h2H,1H3. The van der Waals surface area contributed by atoms with Crippen molar-refractivity contribution in [2.45, 2.75) is 6.92 Å². The molecule has 0 atom stereocenters. The van der Waals surface area contributed by atoms with Crippen molar-refractivity contribution in [1.82, 2.24) is 14.3 Å². The Hall–Kier alpha value is -0.550. The van der Waals surface area contributed by atoms with Gasteiger partial charge in [-0.1, -0.05) is 0 Å². The van der Waals surface area contributed by atoms with E-state index in [1.807, 2.05) is 6.92 Å². The highest BCUT2D eigenvalue weighted by Crippen LogP contribution is 2.25. The summed E-state index contributed by atoms with van der Waals surface area (Å²) in [5, 5.41) is 1.03. The van der Waals surface area contributed by atoms with Crippen molar-refractivity contribution < 1.29 is 0 Å². The molecule has 5 heteroatoms. The third-order valence-corrected chi connectivity index (χ3v) is 2.85. The van der Waals surface area contributed by atoms with E-state index in [0.717, 1.165) is 20.5 Å². The summed E-state index contributed by atoms with van der Waals surface area (Å²) in [7, 11) is 0. The van der Waals surface area contributed by atoms with Crippen LogP contribution in [0.5, 0.6) is 0 Å². The quantitative estimate of drug-likeness (QED) is 0.651. The van der Waals surface area contributed by atoms with Crippen molar-refractivity contribution in [2.24, 2.45) is 0 Å². The van der Waals surface area contributed by atoms with Crippen molar-refractivity contribution in [3.05, 3.63) is 16.6 Å². The first-order chi connectivity index (χ1) is 5.29. The molecule has 0 aliphatic heterocycles. The van der Waals surface area contributed by atoms with E-state index in [9.17, 15) is 0 Å². The number of rotatable bonds is 0. The van der Waals surface area contributed by atoms with Crippen LogP contribution in [0.1, 0.15) is 5.69 Å². The Kier molecular flexibility index (Phi) is 1.61. The zero-order valence-corrected chi connectivity index (χ0v) is 8.11. The van der Waals surface area contributed by atoms with Crippen molar-refractivity contribution >= 4 is 37.7 Å². The van der Waals surface area contributed by atoms with E-state index < -0.39 is 0 Å². The van der Waals surface area contributed by atoms with Gasteiger partial charge in [0.25, 0.3) is 0 Å². The summed E-state index contributed by atoms with van der Waals surface area (Å²) < 4.78 is 4.99. The van der Waals surface area contributed by atoms with Gasteiger partial charge in [-0.2, -0.15) is 4.37 Å². The third-order valence-electron chi connectivity index (χ3n) is 1.40. The number of fused-ring (bicyclic) bond motifs is 1. The van der Waals surface area contributed by atoms with Gasteiger partial charge in [0.2, 0.25) is 0 Å². The van der Waals surface area contributed by atoms with Crippen molar-refractivity contribution in [1.29, 1.82) is 0 Å². The van der Waals surface area contributed by atoms with E-state index in [2.05, 4.69) is 30.3 Å². The summed E-state index contributed by atoms with van der Waals surface area (Å²) in [5.74, 6) is 0. The first-order valence-electron chi connectivity index (χ1n) is 3.01. The molecule has 0 aliphatic carbocycles. The van der Waals surface area contributed by atoms with E-state index in [4.69, 9.17) is 0 Å². The van der Waals surface area contributed by atoms with Crippen LogP contribution in [0.25, 0.3) is 10.2 Å². The lowest BCUT2D eigenvalue weighted by Crippen LogP contribution is -1.80. The predicted octanol–water partition coefficient (Wildman–Crippen LogP) is 2.16. The Bertz CT molecular complexity index is 398. The molecule has 0 radical (unpaired) electrons. The van der Waals surface area contributed by atoms with Crippen LogP contribution in [0.4, 0.5) is 0 Å². The summed E-state index contributed by atoms with van der Waals surface area (Å²) >= 11 is 4.74. The number of aryl methyl sites for hydroxylation is 1. The number of hydrogen-bond donors (Lipinski definition) is 0. The van der Waals surface area contributed by atoms with Gasteiger partial charge in [-0.3, -0.25) is 0 Å². The van der Waals surface area contributed by atoms with Crippen LogP contribution >= 0.6 is 27.5 Å². The summed E-state index contributed by atoms with van der Waals surface area (Å²) in [6.45, 7) is 1.95. The number of nitrogens with zero attached hydrogens (tertiary/aromatic N) is 3. The minimum Gasteiger partial charge on any atom is -0.229 e. The lowest BCUT2D eigenvalue weighted by atomic mass is 10.3. The second-order valence-corrected chi connectivity index (χ2v) is 3.62. The normalized spacial score (nSPS) is 10.7. The Balaban J connectivity index is 2.96. The number of aromatic nitrogens is 3. The maximum atomic E-state index is 4.17. The van der Waals surface area contributed by atoms with Gasteiger partial charge in [0, 0.05) is 0 Å². The minimum atomic E-state index is 0.828. The van der Waals surface area contributed by atoms with Gasteiger partial charge in [-0.05, 0) is 34.4 Å². The smallest absolute Gasteiger partial charge is 0.148 e. The number of hydrogen-bond acceptors (Lipinski definition) is 4. The molecule has 0 amide bonds. The summed E-state index contributed by atoms with van der Waals surface area (Å²) in [4.78, 5) is 9.02. The second kappa shape index (κ2) is 2.49. The van der Waals surface area contributed by atoms with Crippen LogP contribution < -0.4 is 0 Å². The van der Waals surface area contributed by atoms with Crippen LogP contribution in [-0.2, 0) is 0 Å². The van der Waals surface area contributed by atoms with Gasteiger partial charge in [-0.15, -0.1) is 0 Å². The van der Waals surface area contributed by atoms with Gasteiger partial charge in [0.15, 0.2) is 0 Å². The molecule has 0 spiro atoms. The fourth-order valence-electron chi connectivity index (χ4n) is 0.880. The molecule has 0 aliphatic rings. The van der Waals surface area contributed by atoms with E-state index in [0.29, 0.717) is 0 Å². The Morgan fingerprint density at radius 2 is 2.27 bits per heavy atom. The first kappa shape index (κ1) is 7.12. The van der Waals surface area contributed by atoms with Crippen LogP contribution in [-0.4, -0.2) is 14.3 Å². The second-order valence-electron chi connectivity index (χ2n) is 2.11. The molecule has 0 bridgehead atoms. The van der Waals surface area contributed by atoms with Gasteiger partial charge in [0.05, 0.1) is 11.1 Å². The average Bonchev–Trinajstić information content (AvgIpc) is 2.34. The van der Waals surface area contributed by atoms with E-state index in [1.54, 1.807) is 0 Å². The molecule has 0 saturated heterocycles. The molecule has 0 saturated carbocycles. The predicted molar refractivity (Wildman–Crippen MR) is 47.6 cm³/mol. The molecule has 0 unspecified atom stereocenters. The topological polar surface area (TPSA) is 38.7 Å². The number of halogens is 1. The minimum absolute atomic E-state index is 0.828. The Morgan fingerprint density at radius 1 is 1.45 bits per heavy atom. The molecular formula is C6H4BrN3S. The highest BCUT2D eigenvalue weighted by atomic mass is 79.9. The molecule has 2 heterocycles. The maximum Gasteiger partial charge on any atom is 0.148 e. The zero-order chi connectivity index (χ0) is 7.84. The van der Waals surface area contributed by atoms with Gasteiger partial charge in [0.1, 0.15) is 15.8 Å². The third kappa shape index (κ3) is 1.04. The molecular weight excluding hydrogens is 226 g/mol. The molecule has 11 heavy (non-hydrogen) atoms. The molecule has 56 valence electrons. The van der Waals surface area contributed by atoms with E-state index >= 15 is 0 Å². The van der Waals surface area contributed by atoms with Crippen LogP contribution in [0.3, 0.4) is 0 Å². The summed E-state index contributed by atoms with van der Waals surface area (Å²) in [6, 6.07) is 0. The summed E-state index contributed by atoms with van der Waals surface area (Å²) in [6.07, 6.45) is 1.53. The van der Waals surface area contributed by atoms with E-state index in [1.165, 1.54) is 17.9 Å². The maximum absolute atomic E-state index is 4.17. The first-order valence-corrected chi connectivity index (χ1v) is 4.58. The Morgan fingerprint density at radius 3 is 3.00 bits per heavy atom. The van der Waals surface area contributed by atoms with E-state index in [-0.39, 0.29) is 0 Å². The molecule has 2 aromatic rings. The van der Waals surface area contributed by atoms with Crippen LogP contribution in [0.15, 0.2) is 10.9 Å². The van der Waals surface area contributed by atoms with Gasteiger partial charge >= 0.3 is 0 Å². The lowest BCUT2D eigenvalue weighted by molar-refractivity contribution is 1.20. The highest BCUT2D eigenvalue weighted by molar-refractivity contribution is 9.10. The molecule has 0 fully saturated rings. The molecule has 0 N–H and O–H groups in total. The van der Waals surface area contributed by atoms with Crippen LogP contribution in [0, 0.1) is 6.92 Å². The van der Waals surface area contributed by atoms with Gasteiger partial charge in [-0.25, -0.2) is 9.97 Å². The van der Waals surface area contributed by atoms with Crippen molar-refractivity contribution in [2.75, 3.05) is 0 Å². The fourth-order valence-corrected chi connectivity index (χ4v) is 2.32. The fraction of sp³-hybridized carbons (Fsp3) is 0.167. The van der Waals surface area contributed by atoms with Crippen molar-refractivity contribution in [3.8, 4) is 0 Å². The van der Waals surface area contributed by atoms with Crippen molar-refractivity contribution in [3.63, 3.8) is 0 Å². The highest BCUT2D eigenvalue weighted by Gasteiger charge is 2.06. The van der Waals surface area contributed by atoms with Crippen LogP contribution in [0.2, 0.25) is 0 Å². The van der Waals surface area contributed by atoms with Gasteiger partial charge < -0.3 is 0 Å². The molecule has 3 nitrogen and oxygen atoms in total. The Labute approximate surface area is 75.8 Å². The zero-order valence-electron chi connectivity index (χ0n) is 5.71. The lowest BCUT2D eigenvalue weighted by Gasteiger charge is -1.90. The molecule has 0 aromatic carbocycles. The largest absolute Gasteiger partial charge is 0.229 e.